The van der Waals surface area contributed by atoms with Crippen LogP contribution in [0.5, 0.6) is 0 Å². The van der Waals surface area contributed by atoms with Crippen molar-refractivity contribution >= 4 is 11.8 Å². The van der Waals surface area contributed by atoms with Crippen molar-refractivity contribution in [3.05, 3.63) is 35.4 Å². The summed E-state index contributed by atoms with van der Waals surface area (Å²) in [5.74, 6) is 1.05. The fourth-order valence-corrected chi connectivity index (χ4v) is 3.99. The van der Waals surface area contributed by atoms with Gasteiger partial charge >= 0.3 is 0 Å². The van der Waals surface area contributed by atoms with Gasteiger partial charge in [0.05, 0.1) is 0 Å². The van der Waals surface area contributed by atoms with E-state index in [1.165, 1.54) is 31.5 Å². The summed E-state index contributed by atoms with van der Waals surface area (Å²) in [4.78, 5) is 28.8. The SMILES string of the molecule is CCCN(CCC)C(=O)CCCC(=O)NCc1ccc(CN2CCC(C)CC2)cc1. The molecule has 1 saturated heterocycles. The predicted octanol–water partition coefficient (Wildman–Crippen LogP) is 4.35. The Hall–Kier alpha value is -1.88. The molecule has 0 aromatic heterocycles. The van der Waals surface area contributed by atoms with E-state index in [-0.39, 0.29) is 11.8 Å². The largest absolute Gasteiger partial charge is 0.352 e. The molecule has 1 fully saturated rings. The third-order valence-corrected chi connectivity index (χ3v) is 5.93. The van der Waals surface area contributed by atoms with E-state index in [0.29, 0.717) is 25.8 Å². The third-order valence-electron chi connectivity index (χ3n) is 5.93. The lowest BCUT2D eigenvalue weighted by Crippen LogP contribution is -2.32. The van der Waals surface area contributed by atoms with Gasteiger partial charge in [0, 0.05) is 39.0 Å². The van der Waals surface area contributed by atoms with Gasteiger partial charge in [-0.1, -0.05) is 45.0 Å². The minimum atomic E-state index is 0.0202. The summed E-state index contributed by atoms with van der Waals surface area (Å²) in [6, 6.07) is 8.57. The number of nitrogens with zero attached hydrogens (tertiary/aromatic N) is 2. The maximum atomic E-state index is 12.3. The van der Waals surface area contributed by atoms with Gasteiger partial charge in [0.25, 0.3) is 0 Å². The molecule has 0 radical (unpaired) electrons. The molecule has 0 unspecified atom stereocenters. The molecular formula is C25H41N3O2. The van der Waals surface area contributed by atoms with Gasteiger partial charge in [0.1, 0.15) is 0 Å². The van der Waals surface area contributed by atoms with E-state index in [4.69, 9.17) is 0 Å². The molecule has 1 N–H and O–H groups in total. The van der Waals surface area contributed by atoms with E-state index in [2.05, 4.69) is 55.3 Å². The average Bonchev–Trinajstić information content (AvgIpc) is 2.74. The zero-order chi connectivity index (χ0) is 21.8. The second kappa shape index (κ2) is 13.4. The van der Waals surface area contributed by atoms with Crippen molar-refractivity contribution in [2.24, 2.45) is 5.92 Å². The summed E-state index contributed by atoms with van der Waals surface area (Å²) in [5.41, 5.74) is 2.45. The minimum Gasteiger partial charge on any atom is -0.352 e. The van der Waals surface area contributed by atoms with Crippen molar-refractivity contribution in [1.82, 2.24) is 15.1 Å². The third kappa shape index (κ3) is 8.86. The molecule has 168 valence electrons. The van der Waals surface area contributed by atoms with Crippen molar-refractivity contribution in [2.45, 2.75) is 78.8 Å². The molecule has 0 aliphatic carbocycles. The molecule has 1 aliphatic heterocycles. The highest BCUT2D eigenvalue weighted by Gasteiger charge is 2.15. The summed E-state index contributed by atoms with van der Waals surface area (Å²) in [6.45, 7) is 12.1. The molecule has 2 rings (SSSR count). The Kier molecular flexibility index (Phi) is 10.9. The average molecular weight is 416 g/mol. The Morgan fingerprint density at radius 3 is 2.20 bits per heavy atom. The van der Waals surface area contributed by atoms with Crippen LogP contribution in [0.3, 0.4) is 0 Å². The first-order valence-electron chi connectivity index (χ1n) is 11.9. The van der Waals surface area contributed by atoms with Gasteiger partial charge in [0.15, 0.2) is 0 Å². The first-order chi connectivity index (χ1) is 14.5. The van der Waals surface area contributed by atoms with E-state index in [9.17, 15) is 9.59 Å². The van der Waals surface area contributed by atoms with Crippen LogP contribution in [-0.2, 0) is 22.7 Å². The highest BCUT2D eigenvalue weighted by atomic mass is 16.2. The summed E-state index contributed by atoms with van der Waals surface area (Å²) in [5, 5.41) is 2.98. The molecule has 0 spiro atoms. The van der Waals surface area contributed by atoms with Gasteiger partial charge in [0.2, 0.25) is 11.8 Å². The van der Waals surface area contributed by atoms with Gasteiger partial charge < -0.3 is 10.2 Å². The van der Waals surface area contributed by atoms with Gasteiger partial charge in [-0.15, -0.1) is 0 Å². The summed E-state index contributed by atoms with van der Waals surface area (Å²) in [6.07, 6.45) is 6.02. The summed E-state index contributed by atoms with van der Waals surface area (Å²) >= 11 is 0. The Morgan fingerprint density at radius 1 is 1.00 bits per heavy atom. The monoisotopic (exact) mass is 415 g/mol. The van der Waals surface area contributed by atoms with Crippen LogP contribution in [0.2, 0.25) is 0 Å². The number of hydrogen-bond acceptors (Lipinski definition) is 3. The fraction of sp³-hybridized carbons (Fsp3) is 0.680. The molecule has 1 aromatic carbocycles. The first kappa shape index (κ1) is 24.4. The highest BCUT2D eigenvalue weighted by Crippen LogP contribution is 2.18. The van der Waals surface area contributed by atoms with Crippen molar-refractivity contribution in [2.75, 3.05) is 26.2 Å². The number of rotatable bonds is 12. The Balaban J connectivity index is 1.65. The lowest BCUT2D eigenvalue weighted by Gasteiger charge is -2.30. The van der Waals surface area contributed by atoms with Crippen molar-refractivity contribution in [3.8, 4) is 0 Å². The van der Waals surface area contributed by atoms with E-state index in [1.54, 1.807) is 0 Å². The molecular weight excluding hydrogens is 374 g/mol. The van der Waals surface area contributed by atoms with E-state index < -0.39 is 0 Å². The van der Waals surface area contributed by atoms with Gasteiger partial charge in [-0.25, -0.2) is 0 Å². The molecule has 0 saturated carbocycles. The molecule has 1 aliphatic rings. The first-order valence-corrected chi connectivity index (χ1v) is 11.9. The van der Waals surface area contributed by atoms with E-state index in [1.807, 2.05) is 4.90 Å². The normalized spacial score (nSPS) is 15.2. The Morgan fingerprint density at radius 2 is 1.60 bits per heavy atom. The minimum absolute atomic E-state index is 0.0202. The molecule has 0 bridgehead atoms. The van der Waals surface area contributed by atoms with Crippen LogP contribution in [0, 0.1) is 5.92 Å². The van der Waals surface area contributed by atoms with Crippen LogP contribution in [0.15, 0.2) is 24.3 Å². The van der Waals surface area contributed by atoms with Crippen molar-refractivity contribution in [1.29, 1.82) is 0 Å². The number of hydrogen-bond donors (Lipinski definition) is 1. The molecule has 0 atom stereocenters. The van der Waals surface area contributed by atoms with Crippen molar-refractivity contribution < 1.29 is 9.59 Å². The number of carbonyl (C=O) groups excluding carboxylic acids is 2. The second-order valence-electron chi connectivity index (χ2n) is 8.79. The fourth-order valence-electron chi connectivity index (χ4n) is 3.99. The number of likely N-dealkylation sites (tertiary alicyclic amines) is 1. The number of carbonyl (C=O) groups is 2. The van der Waals surface area contributed by atoms with Crippen LogP contribution in [0.4, 0.5) is 0 Å². The quantitative estimate of drug-likeness (QED) is 0.552. The van der Waals surface area contributed by atoms with E-state index >= 15 is 0 Å². The topological polar surface area (TPSA) is 52.7 Å². The zero-order valence-corrected chi connectivity index (χ0v) is 19.3. The lowest BCUT2D eigenvalue weighted by molar-refractivity contribution is -0.131. The van der Waals surface area contributed by atoms with Crippen LogP contribution in [0.1, 0.15) is 76.8 Å². The standard InChI is InChI=1S/C25H41N3O2/c1-4-15-28(16-5-2)25(30)8-6-7-24(29)26-19-22-9-11-23(12-10-22)20-27-17-13-21(3)14-18-27/h9-12,21H,4-8,13-20H2,1-3H3,(H,26,29). The van der Waals surface area contributed by atoms with Crippen LogP contribution >= 0.6 is 0 Å². The molecule has 1 heterocycles. The Bertz CT molecular complexity index is 630. The second-order valence-corrected chi connectivity index (χ2v) is 8.79. The molecule has 2 amide bonds. The summed E-state index contributed by atoms with van der Waals surface area (Å²) in [7, 11) is 0. The van der Waals surface area contributed by atoms with Gasteiger partial charge in [-0.2, -0.15) is 0 Å². The number of piperidine rings is 1. The molecule has 30 heavy (non-hydrogen) atoms. The number of benzene rings is 1. The maximum Gasteiger partial charge on any atom is 0.222 e. The van der Waals surface area contributed by atoms with Gasteiger partial charge in [-0.05, 0) is 62.2 Å². The number of nitrogens with one attached hydrogen (secondary N) is 1. The summed E-state index contributed by atoms with van der Waals surface area (Å²) < 4.78 is 0. The van der Waals surface area contributed by atoms with Gasteiger partial charge in [-0.3, -0.25) is 14.5 Å². The zero-order valence-electron chi connectivity index (χ0n) is 19.3. The molecule has 5 nitrogen and oxygen atoms in total. The smallest absolute Gasteiger partial charge is 0.222 e. The Labute approximate surface area is 183 Å². The highest BCUT2D eigenvalue weighted by molar-refractivity contribution is 5.79. The maximum absolute atomic E-state index is 12.3. The lowest BCUT2D eigenvalue weighted by atomic mass is 9.99. The van der Waals surface area contributed by atoms with Crippen LogP contribution < -0.4 is 5.32 Å². The van der Waals surface area contributed by atoms with Crippen molar-refractivity contribution in [3.63, 3.8) is 0 Å². The van der Waals surface area contributed by atoms with Crippen LogP contribution in [0.25, 0.3) is 0 Å². The molecule has 5 heteroatoms. The van der Waals surface area contributed by atoms with Crippen LogP contribution in [-0.4, -0.2) is 47.8 Å². The predicted molar refractivity (Wildman–Crippen MR) is 123 cm³/mol. The molecule has 1 aromatic rings. The van der Waals surface area contributed by atoms with E-state index in [0.717, 1.165) is 44.0 Å². The number of amides is 2.